The maximum atomic E-state index is 12.2. The zero-order valence-corrected chi connectivity index (χ0v) is 11.6. The first-order valence-corrected chi connectivity index (χ1v) is 6.57. The van der Waals surface area contributed by atoms with Crippen LogP contribution in [0.1, 0.15) is 11.1 Å². The lowest BCUT2D eigenvalue weighted by Crippen LogP contribution is -2.17. The third-order valence-electron chi connectivity index (χ3n) is 2.20. The molecule has 0 bridgehead atoms. The van der Waals surface area contributed by atoms with Crippen LogP contribution in [0.15, 0.2) is 28.7 Å². The van der Waals surface area contributed by atoms with Gasteiger partial charge >= 0.3 is 6.36 Å². The number of nitrogens with one attached hydrogen (secondary N) is 1. The molecule has 0 unspecified atom stereocenters. The van der Waals surface area contributed by atoms with Crippen LogP contribution in [0.5, 0.6) is 5.75 Å². The van der Waals surface area contributed by atoms with Crippen molar-refractivity contribution in [3.05, 3.63) is 34.7 Å². The molecule has 2 rings (SSSR count). The highest BCUT2D eigenvalue weighted by Crippen LogP contribution is 2.24. The smallest absolute Gasteiger partial charge is 0.406 e. The number of hydrogen-bond donors (Lipinski definition) is 2. The molecule has 112 valence electrons. The van der Waals surface area contributed by atoms with E-state index in [2.05, 4.69) is 20.2 Å². The first kappa shape index (κ1) is 15.1. The van der Waals surface area contributed by atoms with Crippen LogP contribution in [0.3, 0.4) is 0 Å². The second-order valence-electron chi connectivity index (χ2n) is 4.07. The van der Waals surface area contributed by atoms with Gasteiger partial charge in [-0.1, -0.05) is 6.07 Å². The molecule has 0 saturated heterocycles. The number of anilines is 2. The Labute approximate surface area is 122 Å². The zero-order chi connectivity index (χ0) is 15.5. The molecule has 0 fully saturated rings. The summed E-state index contributed by atoms with van der Waals surface area (Å²) in [5.74, 6) is 0.0802. The molecule has 0 atom stereocenters. The molecule has 0 saturated carbocycles. The molecule has 5 nitrogen and oxygen atoms in total. The van der Waals surface area contributed by atoms with Crippen LogP contribution < -0.4 is 15.9 Å². The van der Waals surface area contributed by atoms with E-state index in [9.17, 15) is 13.2 Å². The highest BCUT2D eigenvalue weighted by molar-refractivity contribution is 7.14. The van der Waals surface area contributed by atoms with E-state index in [-0.39, 0.29) is 5.75 Å². The van der Waals surface area contributed by atoms with E-state index in [1.54, 1.807) is 18.4 Å². The number of nitrogen functional groups attached to an aromatic ring is 1. The van der Waals surface area contributed by atoms with E-state index in [4.69, 9.17) is 5.73 Å². The van der Waals surface area contributed by atoms with Crippen molar-refractivity contribution in [3.8, 4) is 5.75 Å². The number of halogens is 3. The number of aryl methyl sites for hydroxylation is 1. The van der Waals surface area contributed by atoms with E-state index < -0.39 is 6.36 Å². The van der Waals surface area contributed by atoms with Crippen molar-refractivity contribution >= 4 is 28.5 Å². The average molecular weight is 316 g/mol. The number of ether oxygens (including phenoxy) is 1. The van der Waals surface area contributed by atoms with Gasteiger partial charge in [-0.3, -0.25) is 5.43 Å². The molecule has 2 aromatic rings. The van der Waals surface area contributed by atoms with Gasteiger partial charge in [0.15, 0.2) is 0 Å². The Morgan fingerprint density at radius 2 is 2.14 bits per heavy atom. The van der Waals surface area contributed by atoms with Crippen LogP contribution in [0.25, 0.3) is 0 Å². The Morgan fingerprint density at radius 3 is 2.76 bits per heavy atom. The second kappa shape index (κ2) is 6.00. The molecule has 21 heavy (non-hydrogen) atoms. The van der Waals surface area contributed by atoms with Crippen molar-refractivity contribution in [1.29, 1.82) is 0 Å². The summed E-state index contributed by atoms with van der Waals surface area (Å²) in [7, 11) is 0. The van der Waals surface area contributed by atoms with Crippen molar-refractivity contribution in [1.82, 2.24) is 4.98 Å². The monoisotopic (exact) mass is 316 g/mol. The highest BCUT2D eigenvalue weighted by Gasteiger charge is 2.31. The van der Waals surface area contributed by atoms with Crippen LogP contribution in [-0.2, 0) is 0 Å². The van der Waals surface area contributed by atoms with E-state index >= 15 is 0 Å². The standard InChI is InChI=1S/C12H11F3N4OS/c1-7-2-8(4-9(3-7)20-12(13,14)15)5-17-19-11-18-10(16)6-21-11/h2-6H,16H2,1H3,(H,18,19). The van der Waals surface area contributed by atoms with Gasteiger partial charge in [0.1, 0.15) is 11.6 Å². The fourth-order valence-electron chi connectivity index (χ4n) is 1.54. The minimum absolute atomic E-state index is 0.289. The minimum Gasteiger partial charge on any atom is -0.406 e. The third-order valence-corrected chi connectivity index (χ3v) is 2.97. The van der Waals surface area contributed by atoms with Crippen molar-refractivity contribution in [2.45, 2.75) is 13.3 Å². The van der Waals surface area contributed by atoms with Gasteiger partial charge in [0, 0.05) is 5.38 Å². The molecular weight excluding hydrogens is 305 g/mol. The van der Waals surface area contributed by atoms with Crippen molar-refractivity contribution in [2.24, 2.45) is 5.10 Å². The molecule has 0 spiro atoms. The lowest BCUT2D eigenvalue weighted by atomic mass is 10.1. The summed E-state index contributed by atoms with van der Waals surface area (Å²) >= 11 is 1.26. The molecule has 1 heterocycles. The summed E-state index contributed by atoms with van der Waals surface area (Å²) in [5, 5.41) is 6.01. The fourth-order valence-corrected chi connectivity index (χ4v) is 2.09. The molecule has 0 aliphatic rings. The number of rotatable bonds is 4. The molecular formula is C12H11F3N4OS. The first-order chi connectivity index (χ1) is 9.82. The molecule has 0 amide bonds. The minimum atomic E-state index is -4.72. The lowest BCUT2D eigenvalue weighted by molar-refractivity contribution is -0.274. The van der Waals surface area contributed by atoms with Gasteiger partial charge in [-0.25, -0.2) is 4.98 Å². The second-order valence-corrected chi connectivity index (χ2v) is 4.93. The number of alkyl halides is 3. The van der Waals surface area contributed by atoms with Gasteiger partial charge in [-0.2, -0.15) is 5.10 Å². The van der Waals surface area contributed by atoms with Gasteiger partial charge in [-0.05, 0) is 30.2 Å². The number of benzene rings is 1. The average Bonchev–Trinajstić information content (AvgIpc) is 2.72. The van der Waals surface area contributed by atoms with Crippen molar-refractivity contribution in [2.75, 3.05) is 11.2 Å². The van der Waals surface area contributed by atoms with Crippen LogP contribution in [0, 0.1) is 6.92 Å². The lowest BCUT2D eigenvalue weighted by Gasteiger charge is -2.10. The maximum absolute atomic E-state index is 12.2. The van der Waals surface area contributed by atoms with Crippen LogP contribution >= 0.6 is 11.3 Å². The Morgan fingerprint density at radius 1 is 1.38 bits per heavy atom. The number of aromatic nitrogens is 1. The summed E-state index contributed by atoms with van der Waals surface area (Å²) in [5.41, 5.74) is 9.17. The Hall–Kier alpha value is -2.29. The molecule has 3 N–H and O–H groups in total. The summed E-state index contributed by atoms with van der Waals surface area (Å²) in [4.78, 5) is 3.92. The summed E-state index contributed by atoms with van der Waals surface area (Å²) < 4.78 is 40.5. The predicted molar refractivity (Wildman–Crippen MR) is 75.6 cm³/mol. The van der Waals surface area contributed by atoms with Crippen LogP contribution in [-0.4, -0.2) is 17.6 Å². The van der Waals surface area contributed by atoms with E-state index in [0.717, 1.165) is 0 Å². The zero-order valence-electron chi connectivity index (χ0n) is 10.8. The third kappa shape index (κ3) is 4.95. The van der Waals surface area contributed by atoms with Crippen molar-refractivity contribution < 1.29 is 17.9 Å². The number of nitrogens with zero attached hydrogens (tertiary/aromatic N) is 2. The molecule has 0 aliphatic heterocycles. The molecule has 0 aliphatic carbocycles. The van der Waals surface area contributed by atoms with Gasteiger partial charge in [0.25, 0.3) is 0 Å². The van der Waals surface area contributed by atoms with Gasteiger partial charge in [-0.15, -0.1) is 24.5 Å². The van der Waals surface area contributed by atoms with E-state index in [1.807, 2.05) is 0 Å². The largest absolute Gasteiger partial charge is 0.573 e. The van der Waals surface area contributed by atoms with Crippen molar-refractivity contribution in [3.63, 3.8) is 0 Å². The van der Waals surface area contributed by atoms with E-state index in [0.29, 0.717) is 22.1 Å². The summed E-state index contributed by atoms with van der Waals surface area (Å²) in [6.07, 6.45) is -3.35. The van der Waals surface area contributed by atoms with E-state index in [1.165, 1.54) is 29.7 Å². The van der Waals surface area contributed by atoms with Gasteiger partial charge in [0.2, 0.25) is 5.13 Å². The summed E-state index contributed by atoms with van der Waals surface area (Å²) in [6, 6.07) is 4.20. The maximum Gasteiger partial charge on any atom is 0.573 e. The SMILES string of the molecule is Cc1cc(C=NNc2nc(N)cs2)cc(OC(F)(F)F)c1. The molecule has 0 radical (unpaired) electrons. The Balaban J connectivity index is 2.08. The number of thiazole rings is 1. The number of nitrogens with two attached hydrogens (primary N) is 1. The number of hydrazone groups is 1. The Kier molecular flexibility index (Phi) is 4.32. The molecule has 9 heteroatoms. The van der Waals surface area contributed by atoms with Gasteiger partial charge in [0.05, 0.1) is 6.21 Å². The molecule has 1 aromatic carbocycles. The highest BCUT2D eigenvalue weighted by atomic mass is 32.1. The fraction of sp³-hybridized carbons (Fsp3) is 0.167. The van der Waals surface area contributed by atoms with Crippen LogP contribution in [0.4, 0.5) is 24.1 Å². The normalized spacial score (nSPS) is 11.8. The molecule has 1 aromatic heterocycles. The Bertz CT molecular complexity index is 654. The van der Waals surface area contributed by atoms with Crippen LogP contribution in [0.2, 0.25) is 0 Å². The predicted octanol–water partition coefficient (Wildman–Crippen LogP) is 3.38. The quantitative estimate of drug-likeness (QED) is 0.670. The van der Waals surface area contributed by atoms with Gasteiger partial charge < -0.3 is 10.5 Å². The first-order valence-electron chi connectivity index (χ1n) is 5.69. The summed E-state index contributed by atoms with van der Waals surface area (Å²) in [6.45, 7) is 1.66. The number of hydrogen-bond acceptors (Lipinski definition) is 6. The topological polar surface area (TPSA) is 72.5 Å².